The molecular formula is C16H19N3O3. The van der Waals surface area contributed by atoms with Crippen molar-refractivity contribution in [3.63, 3.8) is 0 Å². The minimum atomic E-state index is -0.483. The van der Waals surface area contributed by atoms with E-state index in [0.717, 1.165) is 5.69 Å². The highest BCUT2D eigenvalue weighted by Gasteiger charge is 2.11. The molecule has 0 amide bonds. The third kappa shape index (κ3) is 4.37. The number of guanidine groups is 1. The number of benzene rings is 1. The number of aliphatic imine (C=N–C) groups is 1. The Morgan fingerprint density at radius 2 is 2.00 bits per heavy atom. The van der Waals surface area contributed by atoms with Crippen LogP contribution in [0, 0.1) is 6.92 Å². The fourth-order valence-corrected chi connectivity index (χ4v) is 1.76. The summed E-state index contributed by atoms with van der Waals surface area (Å²) in [4.78, 5) is 15.6. The number of ether oxygens (including phenoxy) is 1. The standard InChI is InChI=1S/C16H19N3O3/c1-3-21-15(20)14-9-8-13(22-14)10-18-16(17)19-12-6-4-11(2)5-7-12/h4-9H,3,10H2,1-2H3,(H3,17,18,19). The maximum absolute atomic E-state index is 11.5. The molecule has 0 radical (unpaired) electrons. The van der Waals surface area contributed by atoms with E-state index in [0.29, 0.717) is 12.4 Å². The lowest BCUT2D eigenvalue weighted by atomic mass is 10.2. The van der Waals surface area contributed by atoms with Crippen LogP contribution in [0.15, 0.2) is 45.8 Å². The van der Waals surface area contributed by atoms with Crippen LogP contribution in [-0.2, 0) is 11.3 Å². The maximum Gasteiger partial charge on any atom is 0.374 e. The minimum absolute atomic E-state index is 0.164. The molecule has 0 aliphatic carbocycles. The van der Waals surface area contributed by atoms with Crippen molar-refractivity contribution in [2.75, 3.05) is 11.9 Å². The number of nitrogens with one attached hydrogen (secondary N) is 1. The van der Waals surface area contributed by atoms with E-state index in [9.17, 15) is 4.79 Å². The Morgan fingerprint density at radius 3 is 2.68 bits per heavy atom. The number of carbonyl (C=O) groups excluding carboxylic acids is 1. The Bertz CT molecular complexity index is 660. The molecule has 116 valence electrons. The maximum atomic E-state index is 11.5. The van der Waals surface area contributed by atoms with E-state index in [1.165, 1.54) is 5.56 Å². The number of hydrogen-bond acceptors (Lipinski definition) is 4. The van der Waals surface area contributed by atoms with Crippen molar-refractivity contribution < 1.29 is 13.9 Å². The summed E-state index contributed by atoms with van der Waals surface area (Å²) in [6.07, 6.45) is 0. The van der Waals surface area contributed by atoms with Gasteiger partial charge in [0.15, 0.2) is 5.96 Å². The van der Waals surface area contributed by atoms with Gasteiger partial charge in [-0.05, 0) is 38.1 Å². The highest BCUT2D eigenvalue weighted by Crippen LogP contribution is 2.11. The Morgan fingerprint density at radius 1 is 1.27 bits per heavy atom. The number of nitrogens with two attached hydrogens (primary N) is 1. The van der Waals surface area contributed by atoms with Crippen molar-refractivity contribution in [3.8, 4) is 0 Å². The molecule has 22 heavy (non-hydrogen) atoms. The molecule has 0 unspecified atom stereocenters. The second-order valence-corrected chi connectivity index (χ2v) is 4.68. The van der Waals surface area contributed by atoms with Gasteiger partial charge in [-0.2, -0.15) is 0 Å². The number of hydrogen-bond donors (Lipinski definition) is 2. The number of rotatable bonds is 5. The van der Waals surface area contributed by atoms with Crippen LogP contribution in [-0.4, -0.2) is 18.5 Å². The van der Waals surface area contributed by atoms with Crippen LogP contribution in [0.2, 0.25) is 0 Å². The van der Waals surface area contributed by atoms with Crippen molar-refractivity contribution in [2.24, 2.45) is 10.7 Å². The van der Waals surface area contributed by atoms with Gasteiger partial charge in [-0.25, -0.2) is 9.79 Å². The van der Waals surface area contributed by atoms with Crippen molar-refractivity contribution in [1.29, 1.82) is 0 Å². The van der Waals surface area contributed by atoms with Gasteiger partial charge in [-0.1, -0.05) is 17.7 Å². The lowest BCUT2D eigenvalue weighted by Gasteiger charge is -2.05. The molecule has 0 saturated carbocycles. The molecule has 2 aromatic rings. The van der Waals surface area contributed by atoms with E-state index < -0.39 is 5.97 Å². The van der Waals surface area contributed by atoms with Gasteiger partial charge in [0, 0.05) is 5.69 Å². The second-order valence-electron chi connectivity index (χ2n) is 4.68. The van der Waals surface area contributed by atoms with Gasteiger partial charge in [0.05, 0.1) is 6.61 Å². The monoisotopic (exact) mass is 301 g/mol. The highest BCUT2D eigenvalue weighted by atomic mass is 16.5. The normalized spacial score (nSPS) is 11.3. The molecule has 0 spiro atoms. The van der Waals surface area contributed by atoms with Gasteiger partial charge >= 0.3 is 5.97 Å². The number of furan rings is 1. The Labute approximate surface area is 129 Å². The fourth-order valence-electron chi connectivity index (χ4n) is 1.76. The lowest BCUT2D eigenvalue weighted by molar-refractivity contribution is 0.0488. The summed E-state index contributed by atoms with van der Waals surface area (Å²) in [5, 5.41) is 2.98. The average Bonchev–Trinajstić information content (AvgIpc) is 2.97. The topological polar surface area (TPSA) is 89.8 Å². The molecule has 0 aliphatic heterocycles. The molecule has 0 fully saturated rings. The summed E-state index contributed by atoms with van der Waals surface area (Å²) in [6, 6.07) is 11.0. The first-order valence-electron chi connectivity index (χ1n) is 6.98. The van der Waals surface area contributed by atoms with Crippen LogP contribution >= 0.6 is 0 Å². The van der Waals surface area contributed by atoms with Gasteiger partial charge in [-0.15, -0.1) is 0 Å². The van der Waals surface area contributed by atoms with Crippen LogP contribution in [0.4, 0.5) is 5.69 Å². The fraction of sp³-hybridized carbons (Fsp3) is 0.250. The smallest absolute Gasteiger partial charge is 0.374 e. The number of esters is 1. The van der Waals surface area contributed by atoms with E-state index in [1.54, 1.807) is 19.1 Å². The first-order valence-corrected chi connectivity index (χ1v) is 6.98. The number of aryl methyl sites for hydroxylation is 1. The highest BCUT2D eigenvalue weighted by molar-refractivity contribution is 5.92. The number of nitrogens with zero attached hydrogens (tertiary/aromatic N) is 1. The molecular weight excluding hydrogens is 282 g/mol. The van der Waals surface area contributed by atoms with Crippen molar-refractivity contribution in [1.82, 2.24) is 0 Å². The van der Waals surface area contributed by atoms with Crippen LogP contribution < -0.4 is 11.1 Å². The third-order valence-electron chi connectivity index (χ3n) is 2.87. The first-order chi connectivity index (χ1) is 10.6. The van der Waals surface area contributed by atoms with Gasteiger partial charge < -0.3 is 20.2 Å². The molecule has 0 saturated heterocycles. The van der Waals surface area contributed by atoms with Crippen molar-refractivity contribution in [3.05, 3.63) is 53.5 Å². The Balaban J connectivity index is 1.93. The van der Waals surface area contributed by atoms with Crippen LogP contribution in [0.1, 0.15) is 28.8 Å². The lowest BCUT2D eigenvalue weighted by Crippen LogP contribution is -2.22. The molecule has 6 heteroatoms. The van der Waals surface area contributed by atoms with Crippen molar-refractivity contribution >= 4 is 17.6 Å². The molecule has 0 atom stereocenters. The molecule has 1 aromatic heterocycles. The molecule has 1 aromatic carbocycles. The molecule has 0 bridgehead atoms. The van der Waals surface area contributed by atoms with Crippen LogP contribution in [0.5, 0.6) is 0 Å². The van der Waals surface area contributed by atoms with Gasteiger partial charge in [0.1, 0.15) is 12.3 Å². The van der Waals surface area contributed by atoms with Gasteiger partial charge in [0.2, 0.25) is 5.76 Å². The van der Waals surface area contributed by atoms with E-state index >= 15 is 0 Å². The summed E-state index contributed by atoms with van der Waals surface area (Å²) in [6.45, 7) is 4.30. The van der Waals surface area contributed by atoms with E-state index in [4.69, 9.17) is 14.9 Å². The van der Waals surface area contributed by atoms with Gasteiger partial charge in [0.25, 0.3) is 0 Å². The predicted octanol–water partition coefficient (Wildman–Crippen LogP) is 2.69. The first kappa shape index (κ1) is 15.6. The van der Waals surface area contributed by atoms with Crippen molar-refractivity contribution in [2.45, 2.75) is 20.4 Å². The van der Waals surface area contributed by atoms with E-state index in [-0.39, 0.29) is 18.3 Å². The summed E-state index contributed by atoms with van der Waals surface area (Å²) < 4.78 is 10.2. The molecule has 2 rings (SSSR count). The quantitative estimate of drug-likeness (QED) is 0.503. The molecule has 3 N–H and O–H groups in total. The average molecular weight is 301 g/mol. The van der Waals surface area contributed by atoms with Crippen LogP contribution in [0.3, 0.4) is 0 Å². The largest absolute Gasteiger partial charge is 0.460 e. The van der Waals surface area contributed by atoms with E-state index in [2.05, 4.69) is 10.3 Å². The Hall–Kier alpha value is -2.76. The number of anilines is 1. The second kappa shape index (κ2) is 7.31. The summed E-state index contributed by atoms with van der Waals surface area (Å²) in [5.74, 6) is 0.496. The third-order valence-corrected chi connectivity index (χ3v) is 2.87. The molecule has 6 nitrogen and oxygen atoms in total. The minimum Gasteiger partial charge on any atom is -0.460 e. The van der Waals surface area contributed by atoms with E-state index in [1.807, 2.05) is 31.2 Å². The molecule has 0 aliphatic rings. The molecule has 1 heterocycles. The summed E-state index contributed by atoms with van der Waals surface area (Å²) >= 11 is 0. The zero-order chi connectivity index (χ0) is 15.9. The number of carbonyl (C=O) groups is 1. The Kier molecular flexibility index (Phi) is 5.19. The predicted molar refractivity (Wildman–Crippen MR) is 84.8 cm³/mol. The van der Waals surface area contributed by atoms with Gasteiger partial charge in [-0.3, -0.25) is 0 Å². The zero-order valence-electron chi connectivity index (χ0n) is 12.6. The SMILES string of the molecule is CCOC(=O)c1ccc(CN=C(N)Nc2ccc(C)cc2)o1. The summed E-state index contributed by atoms with van der Waals surface area (Å²) in [5.41, 5.74) is 7.84. The zero-order valence-corrected chi connectivity index (χ0v) is 12.6. The van der Waals surface area contributed by atoms with Crippen LogP contribution in [0.25, 0.3) is 0 Å². The summed E-state index contributed by atoms with van der Waals surface area (Å²) in [7, 11) is 0.